The summed E-state index contributed by atoms with van der Waals surface area (Å²) in [6.07, 6.45) is 12.8. The number of rotatable bonds is 3. The number of imidazole rings is 1. The highest BCUT2D eigenvalue weighted by molar-refractivity contribution is 5.60. The maximum atomic E-state index is 13.8. The van der Waals surface area contributed by atoms with Crippen LogP contribution < -0.4 is 10.6 Å². The Morgan fingerprint density at radius 2 is 1.70 bits per heavy atom. The molecule has 0 radical (unpaired) electrons. The fraction of sp³-hybridized carbons (Fsp3) is 0.318. The number of benzene rings is 1. The molecule has 0 spiro atoms. The quantitative estimate of drug-likeness (QED) is 0.677. The van der Waals surface area contributed by atoms with E-state index >= 15 is 0 Å². The molecule has 1 fully saturated rings. The Kier molecular flexibility index (Phi) is 4.39. The number of fused-ring (bicyclic) bond motifs is 1. The summed E-state index contributed by atoms with van der Waals surface area (Å²) in [5.41, 5.74) is 8.01. The molecule has 3 aromatic rings. The van der Waals surface area contributed by atoms with Gasteiger partial charge in [0.05, 0.1) is 11.8 Å². The van der Waals surface area contributed by atoms with Crippen LogP contribution in [0.4, 0.5) is 20.5 Å². The van der Waals surface area contributed by atoms with Gasteiger partial charge in [-0.05, 0) is 42.5 Å². The van der Waals surface area contributed by atoms with Crippen LogP contribution in [-0.2, 0) is 12.8 Å². The number of halogens is 2. The van der Waals surface area contributed by atoms with Gasteiger partial charge >= 0.3 is 0 Å². The maximum absolute atomic E-state index is 13.8. The van der Waals surface area contributed by atoms with Crippen molar-refractivity contribution in [2.24, 2.45) is 5.92 Å². The van der Waals surface area contributed by atoms with Gasteiger partial charge in [-0.25, -0.2) is 23.7 Å². The number of nitrogen functional groups attached to an aromatic ring is 1. The van der Waals surface area contributed by atoms with E-state index in [9.17, 15) is 8.78 Å². The standard InChI is InChI=1S/C22H20F2N6/c1-2-13-3-4-29(12-13)20-11-26-21(16-9-27-22(25)28-10-16)30(20)17-5-14-7-18(23)19(24)8-15(14)6-17/h1,7-11,13,17H,3-6,12H2,(H2,25,27,28). The second kappa shape index (κ2) is 7.10. The Morgan fingerprint density at radius 1 is 1.03 bits per heavy atom. The normalized spacial score (nSPS) is 18.6. The van der Waals surface area contributed by atoms with Gasteiger partial charge in [0.15, 0.2) is 11.6 Å². The van der Waals surface area contributed by atoms with E-state index in [1.807, 2.05) is 6.20 Å². The van der Waals surface area contributed by atoms with Gasteiger partial charge in [0.25, 0.3) is 0 Å². The van der Waals surface area contributed by atoms with Crippen LogP contribution >= 0.6 is 0 Å². The highest BCUT2D eigenvalue weighted by atomic mass is 19.2. The summed E-state index contributed by atoms with van der Waals surface area (Å²) in [7, 11) is 0. The average molecular weight is 406 g/mol. The van der Waals surface area contributed by atoms with Gasteiger partial charge in [0, 0.05) is 37.4 Å². The van der Waals surface area contributed by atoms with Gasteiger partial charge in [0.1, 0.15) is 11.6 Å². The molecule has 1 atom stereocenters. The zero-order valence-corrected chi connectivity index (χ0v) is 16.2. The van der Waals surface area contributed by atoms with Crippen molar-refractivity contribution < 1.29 is 8.78 Å². The molecule has 30 heavy (non-hydrogen) atoms. The molecule has 1 unspecified atom stereocenters. The molecule has 5 rings (SSSR count). The number of nitrogens with zero attached hydrogens (tertiary/aromatic N) is 5. The fourth-order valence-corrected chi connectivity index (χ4v) is 4.49. The van der Waals surface area contributed by atoms with Gasteiger partial charge < -0.3 is 15.2 Å². The van der Waals surface area contributed by atoms with Crippen LogP contribution in [0.15, 0.2) is 30.7 Å². The molecule has 2 aliphatic rings. The smallest absolute Gasteiger partial charge is 0.219 e. The lowest BCUT2D eigenvalue weighted by Crippen LogP contribution is -2.25. The molecule has 1 aliphatic heterocycles. The highest BCUT2D eigenvalue weighted by Gasteiger charge is 2.32. The SMILES string of the molecule is C#CC1CCN(c2cnc(-c3cnc(N)nc3)n2C2Cc3cc(F)c(F)cc3C2)C1. The number of aromatic nitrogens is 4. The van der Waals surface area contributed by atoms with E-state index in [0.29, 0.717) is 18.7 Å². The summed E-state index contributed by atoms with van der Waals surface area (Å²) < 4.78 is 29.7. The topological polar surface area (TPSA) is 72.9 Å². The summed E-state index contributed by atoms with van der Waals surface area (Å²) in [4.78, 5) is 15.1. The predicted molar refractivity (Wildman–Crippen MR) is 110 cm³/mol. The Hall–Kier alpha value is -3.47. The van der Waals surface area contributed by atoms with E-state index < -0.39 is 11.6 Å². The van der Waals surface area contributed by atoms with E-state index in [-0.39, 0.29) is 17.9 Å². The van der Waals surface area contributed by atoms with Gasteiger partial charge in [-0.3, -0.25) is 0 Å². The van der Waals surface area contributed by atoms with E-state index in [4.69, 9.17) is 12.2 Å². The fourth-order valence-electron chi connectivity index (χ4n) is 4.49. The first-order valence-corrected chi connectivity index (χ1v) is 9.86. The van der Waals surface area contributed by atoms with E-state index in [1.165, 1.54) is 12.1 Å². The average Bonchev–Trinajstić information content (AvgIpc) is 3.46. The number of terminal acetylenes is 1. The predicted octanol–water partition coefficient (Wildman–Crippen LogP) is 3.00. The molecule has 2 aromatic heterocycles. The van der Waals surface area contributed by atoms with Crippen LogP contribution in [0.25, 0.3) is 11.4 Å². The molecule has 1 aromatic carbocycles. The van der Waals surface area contributed by atoms with Crippen molar-refractivity contribution in [1.29, 1.82) is 0 Å². The first-order chi connectivity index (χ1) is 14.5. The van der Waals surface area contributed by atoms with Crippen molar-refractivity contribution in [1.82, 2.24) is 19.5 Å². The van der Waals surface area contributed by atoms with Crippen LogP contribution in [0.5, 0.6) is 0 Å². The maximum Gasteiger partial charge on any atom is 0.219 e. The van der Waals surface area contributed by atoms with Crippen LogP contribution in [0.1, 0.15) is 23.6 Å². The number of hydrogen-bond donors (Lipinski definition) is 1. The first kappa shape index (κ1) is 18.6. The first-order valence-electron chi connectivity index (χ1n) is 9.86. The summed E-state index contributed by atoms with van der Waals surface area (Å²) in [6.45, 7) is 1.59. The van der Waals surface area contributed by atoms with Gasteiger partial charge in [-0.1, -0.05) is 0 Å². The zero-order chi connectivity index (χ0) is 20.8. The van der Waals surface area contributed by atoms with Crippen LogP contribution in [0.2, 0.25) is 0 Å². The summed E-state index contributed by atoms with van der Waals surface area (Å²) in [6, 6.07) is 2.57. The van der Waals surface area contributed by atoms with Crippen molar-refractivity contribution >= 4 is 11.8 Å². The van der Waals surface area contributed by atoms with E-state index in [0.717, 1.165) is 42.0 Å². The van der Waals surface area contributed by atoms with Crippen molar-refractivity contribution in [2.45, 2.75) is 25.3 Å². The van der Waals surface area contributed by atoms with Crippen molar-refractivity contribution in [3.8, 4) is 23.7 Å². The van der Waals surface area contributed by atoms with Gasteiger partial charge in [0.2, 0.25) is 5.95 Å². The lowest BCUT2D eigenvalue weighted by atomic mass is 10.1. The lowest BCUT2D eigenvalue weighted by Gasteiger charge is -2.25. The Labute approximate surface area is 172 Å². The Balaban J connectivity index is 1.57. The minimum atomic E-state index is -0.816. The van der Waals surface area contributed by atoms with Crippen molar-refractivity contribution in [3.05, 3.63) is 53.5 Å². The molecule has 2 N–H and O–H groups in total. The molecular weight excluding hydrogens is 386 g/mol. The molecule has 1 saturated heterocycles. The molecule has 3 heterocycles. The monoisotopic (exact) mass is 406 g/mol. The largest absolute Gasteiger partial charge is 0.368 e. The molecule has 0 amide bonds. The molecule has 8 heteroatoms. The molecule has 152 valence electrons. The van der Waals surface area contributed by atoms with Crippen LogP contribution in [-0.4, -0.2) is 32.6 Å². The number of nitrogens with two attached hydrogens (primary N) is 1. The third-order valence-corrected chi connectivity index (χ3v) is 5.97. The number of anilines is 2. The van der Waals surface area contributed by atoms with Crippen LogP contribution in [0.3, 0.4) is 0 Å². The van der Waals surface area contributed by atoms with Crippen LogP contribution in [0, 0.1) is 29.9 Å². The van der Waals surface area contributed by atoms with Gasteiger partial charge in [-0.15, -0.1) is 12.3 Å². The Morgan fingerprint density at radius 3 is 2.30 bits per heavy atom. The Bertz CT molecular complexity index is 1120. The van der Waals surface area contributed by atoms with Crippen molar-refractivity contribution in [2.75, 3.05) is 23.7 Å². The molecule has 0 bridgehead atoms. The second-order valence-corrected chi connectivity index (χ2v) is 7.84. The molecular formula is C22H20F2N6. The van der Waals surface area contributed by atoms with E-state index in [1.54, 1.807) is 12.4 Å². The zero-order valence-electron chi connectivity index (χ0n) is 16.2. The lowest BCUT2D eigenvalue weighted by molar-refractivity contribution is 0.507. The third kappa shape index (κ3) is 3.07. The summed E-state index contributed by atoms with van der Waals surface area (Å²) in [5, 5.41) is 0. The van der Waals surface area contributed by atoms with E-state index in [2.05, 4.69) is 30.3 Å². The molecule has 6 nitrogen and oxygen atoms in total. The molecule has 1 aliphatic carbocycles. The minimum absolute atomic E-state index is 0.0314. The third-order valence-electron chi connectivity index (χ3n) is 5.97. The molecule has 0 saturated carbocycles. The van der Waals surface area contributed by atoms with Crippen molar-refractivity contribution in [3.63, 3.8) is 0 Å². The minimum Gasteiger partial charge on any atom is -0.368 e. The second-order valence-electron chi connectivity index (χ2n) is 7.84. The summed E-state index contributed by atoms with van der Waals surface area (Å²) in [5.74, 6) is 3.23. The van der Waals surface area contributed by atoms with Gasteiger partial charge in [-0.2, -0.15) is 0 Å². The number of hydrogen-bond acceptors (Lipinski definition) is 5. The summed E-state index contributed by atoms with van der Waals surface area (Å²) >= 11 is 0. The highest BCUT2D eigenvalue weighted by Crippen LogP contribution is 2.38.